The molecule has 1 N–H and O–H groups in total. The number of nitro benzene ring substituents is 1. The van der Waals surface area contributed by atoms with Gasteiger partial charge >= 0.3 is 0 Å². The zero-order valence-corrected chi connectivity index (χ0v) is 22.5. The molecule has 0 aliphatic rings. The molecule has 202 valence electrons. The van der Waals surface area contributed by atoms with Gasteiger partial charge in [-0.25, -0.2) is 8.42 Å². The van der Waals surface area contributed by atoms with Crippen molar-refractivity contribution >= 4 is 33.2 Å². The molecule has 0 aliphatic heterocycles. The first kappa shape index (κ1) is 29.6. The van der Waals surface area contributed by atoms with E-state index in [0.717, 1.165) is 22.2 Å². The molecule has 0 fully saturated rings. The van der Waals surface area contributed by atoms with E-state index in [1.165, 1.54) is 24.1 Å². The molecule has 0 aromatic heterocycles. The Hall–Kier alpha value is -3.67. The number of carbonyl (C=O) groups excluding carboxylic acids is 2. The van der Waals surface area contributed by atoms with E-state index >= 15 is 0 Å². The fourth-order valence-corrected chi connectivity index (χ4v) is 4.45. The fourth-order valence-electron chi connectivity index (χ4n) is 3.60. The Balaban J connectivity index is 2.42. The molecule has 0 aliphatic carbocycles. The average molecular weight is 535 g/mol. The number of nitrogens with one attached hydrogen (secondary N) is 1. The fraction of sp³-hybridized carbons (Fsp3) is 0.440. The van der Waals surface area contributed by atoms with Crippen molar-refractivity contribution in [1.29, 1.82) is 0 Å². The van der Waals surface area contributed by atoms with E-state index in [9.17, 15) is 28.1 Å². The Morgan fingerprint density at radius 1 is 1.11 bits per heavy atom. The first-order valence-corrected chi connectivity index (χ1v) is 13.6. The van der Waals surface area contributed by atoms with Crippen molar-refractivity contribution < 1.29 is 27.7 Å². The molecule has 1 atom stereocenters. The summed E-state index contributed by atoms with van der Waals surface area (Å²) in [6, 6.07) is 12.0. The zero-order valence-electron chi connectivity index (χ0n) is 21.7. The summed E-state index contributed by atoms with van der Waals surface area (Å²) in [6.45, 7) is 5.37. The Bertz CT molecular complexity index is 1200. The van der Waals surface area contributed by atoms with Gasteiger partial charge in [0.05, 0.1) is 18.3 Å². The van der Waals surface area contributed by atoms with Crippen LogP contribution < -0.4 is 14.4 Å². The lowest BCUT2D eigenvalue weighted by Crippen LogP contribution is -2.52. The largest absolute Gasteiger partial charge is 0.495 e. The minimum Gasteiger partial charge on any atom is -0.495 e. The summed E-state index contributed by atoms with van der Waals surface area (Å²) in [4.78, 5) is 38.4. The van der Waals surface area contributed by atoms with Crippen molar-refractivity contribution in [2.24, 2.45) is 5.92 Å². The number of hydrogen-bond acceptors (Lipinski definition) is 7. The molecule has 2 aromatic rings. The van der Waals surface area contributed by atoms with Gasteiger partial charge in [-0.2, -0.15) is 0 Å². The third-order valence-electron chi connectivity index (χ3n) is 5.66. The topological polar surface area (TPSA) is 139 Å². The van der Waals surface area contributed by atoms with E-state index in [4.69, 9.17) is 4.74 Å². The number of anilines is 1. The number of carbonyl (C=O) groups is 2. The van der Waals surface area contributed by atoms with Crippen LogP contribution in [-0.2, 0) is 26.0 Å². The van der Waals surface area contributed by atoms with Crippen LogP contribution in [0.2, 0.25) is 0 Å². The first-order valence-electron chi connectivity index (χ1n) is 11.8. The molecule has 0 saturated carbocycles. The van der Waals surface area contributed by atoms with Gasteiger partial charge < -0.3 is 15.0 Å². The van der Waals surface area contributed by atoms with E-state index < -0.39 is 33.4 Å². The van der Waals surface area contributed by atoms with Gasteiger partial charge in [0.1, 0.15) is 24.0 Å². The Kier molecular flexibility index (Phi) is 10.4. The molecule has 0 bridgehead atoms. The van der Waals surface area contributed by atoms with Gasteiger partial charge in [-0.3, -0.25) is 24.0 Å². The molecule has 2 rings (SSSR count). The Morgan fingerprint density at radius 2 is 1.76 bits per heavy atom. The highest BCUT2D eigenvalue weighted by atomic mass is 32.2. The lowest BCUT2D eigenvalue weighted by atomic mass is 10.1. The molecule has 0 heterocycles. The van der Waals surface area contributed by atoms with Crippen LogP contribution in [0.3, 0.4) is 0 Å². The van der Waals surface area contributed by atoms with E-state index in [2.05, 4.69) is 5.32 Å². The monoisotopic (exact) mass is 534 g/mol. The normalized spacial score (nSPS) is 12.1. The van der Waals surface area contributed by atoms with Crippen LogP contribution >= 0.6 is 0 Å². The molecule has 0 spiro atoms. The summed E-state index contributed by atoms with van der Waals surface area (Å²) in [5, 5.41) is 14.1. The second-order valence-corrected chi connectivity index (χ2v) is 10.9. The number of hydrogen-bond donors (Lipinski definition) is 1. The standard InChI is InChI=1S/C25H34N4O7S/c1-18(2)16-26-25(31)19(3)27(14-13-20-9-7-6-8-10-20)24(30)17-28(37(5,34)35)22-15-21(29(32)33)11-12-23(22)36-4/h6-12,15,18-19H,13-14,16-17H2,1-5H3,(H,26,31)/t19-/m0/s1. The lowest BCUT2D eigenvalue weighted by Gasteiger charge is -2.32. The van der Waals surface area contributed by atoms with Gasteiger partial charge in [-0.05, 0) is 30.9 Å². The van der Waals surface area contributed by atoms with Crippen LogP contribution in [0.5, 0.6) is 5.75 Å². The van der Waals surface area contributed by atoms with Gasteiger partial charge in [0.15, 0.2) is 0 Å². The molecule has 0 unspecified atom stereocenters. The number of ether oxygens (including phenoxy) is 1. The number of methoxy groups -OCH3 is 1. The number of sulfonamides is 1. The van der Waals surface area contributed by atoms with E-state index in [1.807, 2.05) is 44.2 Å². The van der Waals surface area contributed by atoms with Crippen LogP contribution in [0.25, 0.3) is 0 Å². The quantitative estimate of drug-likeness (QED) is 0.308. The van der Waals surface area contributed by atoms with E-state index in [-0.39, 0.29) is 35.5 Å². The summed E-state index contributed by atoms with van der Waals surface area (Å²) >= 11 is 0. The van der Waals surface area contributed by atoms with Crippen molar-refractivity contribution in [2.75, 3.05) is 37.3 Å². The molecule has 12 heteroatoms. The average Bonchev–Trinajstić information content (AvgIpc) is 2.85. The number of non-ortho nitro benzene ring substituents is 1. The lowest BCUT2D eigenvalue weighted by molar-refractivity contribution is -0.384. The number of nitro groups is 1. The third-order valence-corrected chi connectivity index (χ3v) is 6.78. The number of benzene rings is 2. The van der Waals surface area contributed by atoms with E-state index in [0.29, 0.717) is 13.0 Å². The summed E-state index contributed by atoms with van der Waals surface area (Å²) < 4.78 is 31.5. The highest BCUT2D eigenvalue weighted by molar-refractivity contribution is 7.92. The molecule has 2 aromatic carbocycles. The summed E-state index contributed by atoms with van der Waals surface area (Å²) in [5.74, 6) is -0.759. The third kappa shape index (κ3) is 8.45. The minimum absolute atomic E-state index is 0.0439. The van der Waals surface area contributed by atoms with Crippen LogP contribution in [0.1, 0.15) is 26.3 Å². The molecule has 0 saturated heterocycles. The number of nitrogens with zero attached hydrogens (tertiary/aromatic N) is 3. The molecule has 11 nitrogen and oxygen atoms in total. The predicted molar refractivity (Wildman–Crippen MR) is 141 cm³/mol. The van der Waals surface area contributed by atoms with Crippen LogP contribution in [0, 0.1) is 16.0 Å². The maximum atomic E-state index is 13.6. The SMILES string of the molecule is COc1ccc([N+](=O)[O-])cc1N(CC(=O)N(CCc1ccccc1)[C@@H](C)C(=O)NCC(C)C)S(C)(=O)=O. The molecule has 2 amide bonds. The molecule has 0 radical (unpaired) electrons. The van der Waals surface area contributed by atoms with Crippen molar-refractivity contribution in [3.63, 3.8) is 0 Å². The molecular formula is C25H34N4O7S. The number of amides is 2. The van der Waals surface area contributed by atoms with Crippen LogP contribution in [0.15, 0.2) is 48.5 Å². The Morgan fingerprint density at radius 3 is 2.30 bits per heavy atom. The van der Waals surface area contributed by atoms with Crippen LogP contribution in [-0.4, -0.2) is 69.1 Å². The summed E-state index contributed by atoms with van der Waals surface area (Å²) in [7, 11) is -2.78. The Labute approximate surface area is 217 Å². The first-order chi connectivity index (χ1) is 17.3. The van der Waals surface area contributed by atoms with Crippen molar-refractivity contribution in [2.45, 2.75) is 33.2 Å². The van der Waals surface area contributed by atoms with Crippen LogP contribution in [0.4, 0.5) is 11.4 Å². The maximum absolute atomic E-state index is 13.6. The highest BCUT2D eigenvalue weighted by Crippen LogP contribution is 2.33. The van der Waals surface area contributed by atoms with Gasteiger partial charge in [-0.1, -0.05) is 44.2 Å². The zero-order chi connectivity index (χ0) is 27.8. The summed E-state index contributed by atoms with van der Waals surface area (Å²) in [6.07, 6.45) is 1.33. The maximum Gasteiger partial charge on any atom is 0.271 e. The smallest absolute Gasteiger partial charge is 0.271 e. The van der Waals surface area contributed by atoms with Crippen molar-refractivity contribution in [3.05, 3.63) is 64.2 Å². The van der Waals surface area contributed by atoms with Gasteiger partial charge in [-0.15, -0.1) is 0 Å². The highest BCUT2D eigenvalue weighted by Gasteiger charge is 2.31. The van der Waals surface area contributed by atoms with Crippen molar-refractivity contribution in [3.8, 4) is 5.75 Å². The summed E-state index contributed by atoms with van der Waals surface area (Å²) in [5.41, 5.74) is 0.433. The van der Waals surface area contributed by atoms with Gasteiger partial charge in [0, 0.05) is 25.2 Å². The minimum atomic E-state index is -4.07. The van der Waals surface area contributed by atoms with Gasteiger partial charge in [0.25, 0.3) is 5.69 Å². The number of rotatable bonds is 13. The van der Waals surface area contributed by atoms with Gasteiger partial charge in [0.2, 0.25) is 21.8 Å². The second-order valence-electron chi connectivity index (χ2n) is 9.02. The molecular weight excluding hydrogens is 500 g/mol. The van der Waals surface area contributed by atoms with Crippen molar-refractivity contribution in [1.82, 2.24) is 10.2 Å². The van der Waals surface area contributed by atoms with E-state index in [1.54, 1.807) is 6.92 Å². The second kappa shape index (κ2) is 13.0. The predicted octanol–water partition coefficient (Wildman–Crippen LogP) is 2.60. The molecule has 37 heavy (non-hydrogen) atoms.